The molecule has 0 bridgehead atoms. The third kappa shape index (κ3) is 4.15. The predicted molar refractivity (Wildman–Crippen MR) is 104 cm³/mol. The molecule has 14 nitrogen and oxygen atoms in total. The molecule has 0 saturated carbocycles. The van der Waals surface area contributed by atoms with Crippen molar-refractivity contribution in [3.63, 3.8) is 0 Å². The summed E-state index contributed by atoms with van der Waals surface area (Å²) in [6, 6.07) is 1.94. The van der Waals surface area contributed by atoms with Gasteiger partial charge in [-0.3, -0.25) is 4.57 Å². The van der Waals surface area contributed by atoms with E-state index in [1.165, 1.54) is 0 Å². The van der Waals surface area contributed by atoms with Crippen LogP contribution in [0.1, 0.15) is 62.1 Å². The maximum atomic E-state index is 13.3. The van der Waals surface area contributed by atoms with Gasteiger partial charge in [-0.25, -0.2) is 28.8 Å². The first-order valence-electron chi connectivity index (χ1n) is 8.22. The van der Waals surface area contributed by atoms with E-state index in [0.29, 0.717) is 24.3 Å². The van der Waals surface area contributed by atoms with Crippen molar-refractivity contribution in [1.29, 1.82) is 0 Å². The first kappa shape index (κ1) is 24.7. The summed E-state index contributed by atoms with van der Waals surface area (Å²) in [5.74, 6) is -12.3. The highest BCUT2D eigenvalue weighted by Crippen LogP contribution is 2.42. The van der Waals surface area contributed by atoms with Gasteiger partial charge >= 0.3 is 35.8 Å². The number of rotatable bonds is 8. The summed E-state index contributed by atoms with van der Waals surface area (Å²) in [5, 5.41) is 53.4. The number of carboxylic acid groups (broad SMARTS) is 6. The predicted octanol–water partition coefficient (Wildman–Crippen LogP) is 0.0970. The van der Waals surface area contributed by atoms with Crippen LogP contribution in [0.3, 0.4) is 0 Å². The number of aromatic carboxylic acids is 6. The van der Waals surface area contributed by atoms with Gasteiger partial charge in [-0.15, -0.1) is 0 Å². The molecule has 2 aromatic carbocycles. The highest BCUT2D eigenvalue weighted by Gasteiger charge is 2.40. The summed E-state index contributed by atoms with van der Waals surface area (Å²) >= 11 is 0. The Balaban J connectivity index is 3.10. The van der Waals surface area contributed by atoms with E-state index in [4.69, 9.17) is 10.2 Å². The molecule has 0 aliphatic heterocycles. The van der Waals surface area contributed by atoms with Crippen LogP contribution in [-0.4, -0.2) is 71.3 Å². The topological polar surface area (TPSA) is 261 Å². The van der Waals surface area contributed by atoms with Gasteiger partial charge in [0.05, 0.1) is 44.0 Å². The number of hydrogen-bond acceptors (Lipinski definition) is 7. The van der Waals surface area contributed by atoms with E-state index in [2.05, 4.69) is 0 Å². The van der Waals surface area contributed by atoms with Crippen molar-refractivity contribution in [2.75, 3.05) is 0 Å². The molecule has 0 aliphatic rings. The van der Waals surface area contributed by atoms with Crippen LogP contribution >= 0.6 is 7.37 Å². The molecule has 0 aliphatic carbocycles. The standard InChI is InChI=1S/C18H11O14P/c19-13(20)5-1-3-7(11(17(27)28)9(5)15(23)24)33(31,32)8-4-2-6(14(21)22)10(16(25)26)12(8)18(29)30/h1-4H,(H,19,20)(H,21,22)(H,23,24)(H,25,26)(H,27,28)(H,29,30)(H,31,32). The number of carbonyl (C=O) groups is 6. The third-order valence-electron chi connectivity index (χ3n) is 4.34. The monoisotopic (exact) mass is 482 g/mol. The van der Waals surface area contributed by atoms with Crippen LogP contribution < -0.4 is 10.6 Å². The molecule has 0 atom stereocenters. The second-order valence-corrected chi connectivity index (χ2v) is 8.29. The van der Waals surface area contributed by atoms with E-state index >= 15 is 0 Å². The Hall–Kier alpha value is -4.55. The molecule has 33 heavy (non-hydrogen) atoms. The molecule has 0 aromatic heterocycles. The summed E-state index contributed by atoms with van der Waals surface area (Å²) in [4.78, 5) is 80.0. The Labute approximate surface area is 181 Å². The minimum Gasteiger partial charge on any atom is -0.478 e. The van der Waals surface area contributed by atoms with Gasteiger partial charge in [0.2, 0.25) is 0 Å². The van der Waals surface area contributed by atoms with E-state index in [-0.39, 0.29) is 0 Å². The zero-order chi connectivity index (χ0) is 25.4. The van der Waals surface area contributed by atoms with Crippen molar-refractivity contribution in [2.45, 2.75) is 0 Å². The van der Waals surface area contributed by atoms with Crippen LogP contribution in [0.5, 0.6) is 0 Å². The van der Waals surface area contributed by atoms with E-state index in [9.17, 15) is 58.7 Å². The Bertz CT molecular complexity index is 1220. The first-order chi connectivity index (χ1) is 15.1. The minimum atomic E-state index is -5.49. The van der Waals surface area contributed by atoms with Crippen LogP contribution in [-0.2, 0) is 4.57 Å². The molecule has 0 unspecified atom stereocenters. The smallest absolute Gasteiger partial charge is 0.337 e. The summed E-state index contributed by atoms with van der Waals surface area (Å²) in [6.45, 7) is 0. The largest absolute Gasteiger partial charge is 0.478 e. The zero-order valence-electron chi connectivity index (χ0n) is 15.7. The van der Waals surface area contributed by atoms with Crippen molar-refractivity contribution < 1.29 is 68.9 Å². The maximum Gasteiger partial charge on any atom is 0.337 e. The molecule has 0 radical (unpaired) electrons. The fourth-order valence-electron chi connectivity index (χ4n) is 3.05. The molecule has 15 heteroatoms. The Morgan fingerprint density at radius 1 is 0.485 bits per heavy atom. The van der Waals surface area contributed by atoms with Gasteiger partial charge in [0.25, 0.3) is 7.37 Å². The quantitative estimate of drug-likeness (QED) is 0.246. The van der Waals surface area contributed by atoms with E-state index in [1.807, 2.05) is 0 Å². The molecule has 7 N–H and O–H groups in total. The van der Waals surface area contributed by atoms with Crippen LogP contribution in [0, 0.1) is 0 Å². The van der Waals surface area contributed by atoms with Crippen molar-refractivity contribution >= 4 is 53.8 Å². The molecular weight excluding hydrogens is 471 g/mol. The molecule has 0 fully saturated rings. The summed E-state index contributed by atoms with van der Waals surface area (Å²) in [5.41, 5.74) is -7.81. The molecule has 2 rings (SSSR count). The van der Waals surface area contributed by atoms with Gasteiger partial charge in [-0.2, -0.15) is 0 Å². The van der Waals surface area contributed by atoms with Gasteiger partial charge in [-0.05, 0) is 24.3 Å². The Morgan fingerprint density at radius 3 is 0.970 bits per heavy atom. The normalized spacial score (nSPS) is 10.9. The lowest BCUT2D eigenvalue weighted by Gasteiger charge is -2.20. The van der Waals surface area contributed by atoms with Gasteiger partial charge in [0.1, 0.15) is 0 Å². The van der Waals surface area contributed by atoms with E-state index in [0.717, 1.165) is 0 Å². The van der Waals surface area contributed by atoms with Crippen LogP contribution in [0.2, 0.25) is 0 Å². The summed E-state index contributed by atoms with van der Waals surface area (Å²) in [6.07, 6.45) is 0. The fraction of sp³-hybridized carbons (Fsp3) is 0. The molecule has 0 spiro atoms. The highest BCUT2D eigenvalue weighted by molar-refractivity contribution is 7.73. The maximum absolute atomic E-state index is 13.3. The summed E-state index contributed by atoms with van der Waals surface area (Å²) in [7, 11) is -5.49. The van der Waals surface area contributed by atoms with E-state index < -0.39 is 87.2 Å². The number of carboxylic acids is 6. The molecular formula is C18H11O14P. The highest BCUT2D eigenvalue weighted by atomic mass is 31.2. The number of hydrogen-bond donors (Lipinski definition) is 7. The van der Waals surface area contributed by atoms with Crippen LogP contribution in [0.4, 0.5) is 0 Å². The Morgan fingerprint density at radius 2 is 0.758 bits per heavy atom. The summed E-state index contributed by atoms with van der Waals surface area (Å²) < 4.78 is 13.3. The molecule has 0 heterocycles. The first-order valence-corrected chi connectivity index (χ1v) is 9.88. The van der Waals surface area contributed by atoms with E-state index in [1.54, 1.807) is 0 Å². The van der Waals surface area contributed by atoms with Gasteiger partial charge in [-0.1, -0.05) is 0 Å². The molecule has 172 valence electrons. The molecule has 2 aromatic rings. The van der Waals surface area contributed by atoms with Gasteiger partial charge in [0.15, 0.2) is 0 Å². The average molecular weight is 482 g/mol. The fourth-order valence-corrected chi connectivity index (χ4v) is 4.89. The van der Waals surface area contributed by atoms with Crippen molar-refractivity contribution in [1.82, 2.24) is 0 Å². The van der Waals surface area contributed by atoms with Gasteiger partial charge < -0.3 is 35.5 Å². The van der Waals surface area contributed by atoms with Crippen LogP contribution in [0.25, 0.3) is 0 Å². The average Bonchev–Trinajstić information content (AvgIpc) is 2.70. The molecule has 0 saturated heterocycles. The lowest BCUT2D eigenvalue weighted by atomic mass is 10.0. The minimum absolute atomic E-state index is 0.470. The van der Waals surface area contributed by atoms with Crippen molar-refractivity contribution in [3.8, 4) is 0 Å². The molecule has 0 amide bonds. The number of benzene rings is 2. The van der Waals surface area contributed by atoms with Crippen molar-refractivity contribution in [2.24, 2.45) is 0 Å². The van der Waals surface area contributed by atoms with Crippen molar-refractivity contribution in [3.05, 3.63) is 57.6 Å². The lowest BCUT2D eigenvalue weighted by molar-refractivity contribution is 0.0633. The third-order valence-corrected chi connectivity index (χ3v) is 6.39. The second kappa shape index (κ2) is 8.53. The van der Waals surface area contributed by atoms with Crippen LogP contribution in [0.15, 0.2) is 24.3 Å². The van der Waals surface area contributed by atoms with Gasteiger partial charge in [0, 0.05) is 0 Å². The second-order valence-electron chi connectivity index (χ2n) is 6.17. The Kier molecular flexibility index (Phi) is 6.39. The lowest BCUT2D eigenvalue weighted by Crippen LogP contribution is -2.31. The zero-order valence-corrected chi connectivity index (χ0v) is 16.6. The SMILES string of the molecule is O=C(O)c1ccc(P(=O)(O)c2ccc(C(=O)O)c(C(=O)O)c2C(=O)O)c(C(=O)O)c1C(=O)O.